The van der Waals surface area contributed by atoms with Crippen molar-refractivity contribution in [3.63, 3.8) is 0 Å². The molecule has 0 heterocycles. The molecule has 0 amide bonds. The Bertz CT molecular complexity index is 1130. The van der Waals surface area contributed by atoms with Crippen molar-refractivity contribution in [3.8, 4) is 28.7 Å². The van der Waals surface area contributed by atoms with Crippen molar-refractivity contribution in [1.29, 1.82) is 0 Å². The van der Waals surface area contributed by atoms with Crippen LogP contribution in [0.5, 0.6) is 28.7 Å². The van der Waals surface area contributed by atoms with E-state index < -0.39 is 28.4 Å². The van der Waals surface area contributed by atoms with Crippen molar-refractivity contribution >= 4 is 33.7 Å². The van der Waals surface area contributed by atoms with E-state index in [4.69, 9.17) is 28.8 Å². The van der Waals surface area contributed by atoms with Gasteiger partial charge in [0.05, 0.1) is 45.1 Å². The number of hydrogen-bond acceptors (Lipinski definition) is 9. The van der Waals surface area contributed by atoms with Gasteiger partial charge in [-0.25, -0.2) is 8.42 Å². The molecule has 12 heteroatoms. The molecular weight excluding hydrogens is 458 g/mol. The lowest BCUT2D eigenvalue weighted by atomic mass is 10.1. The van der Waals surface area contributed by atoms with E-state index in [1.807, 2.05) is 0 Å². The van der Waals surface area contributed by atoms with Crippen LogP contribution in [0.4, 0.5) is 5.69 Å². The Balaban J connectivity index is 2.31. The van der Waals surface area contributed by atoms with Crippen LogP contribution in [0.25, 0.3) is 6.08 Å². The first kappa shape index (κ1) is 25.3. The molecule has 178 valence electrons. The maximum absolute atomic E-state index is 12.6. The maximum Gasteiger partial charge on any atom is 0.322 e. The first-order valence-corrected chi connectivity index (χ1v) is 10.8. The van der Waals surface area contributed by atoms with Crippen molar-refractivity contribution < 1.29 is 46.8 Å². The molecule has 0 aromatic heterocycles. The summed E-state index contributed by atoms with van der Waals surface area (Å²) in [5, 5.41) is 9.60. The average Bonchev–Trinajstić information content (AvgIpc) is 2.76. The second-order valence-corrected chi connectivity index (χ2v) is 7.87. The molecule has 0 bridgehead atoms. The lowest BCUT2D eigenvalue weighted by Crippen LogP contribution is -2.14. The standard InChI is InChI=1S/C21H23NO10S/c1-28-14-10-17(30-3)15(18(11-14)31-4)7-8-33(26,27)22-13-5-6-16(29-2)19(9-13)32-21(25)12-20(23)24/h5-11,22H,12H2,1-4H3,(H,23,24). The summed E-state index contributed by atoms with van der Waals surface area (Å²) in [7, 11) is 1.59. The Morgan fingerprint density at radius 1 is 0.909 bits per heavy atom. The molecule has 0 radical (unpaired) electrons. The summed E-state index contributed by atoms with van der Waals surface area (Å²) in [6.07, 6.45) is 0.421. The minimum Gasteiger partial charge on any atom is -0.496 e. The molecule has 0 unspecified atom stereocenters. The summed E-state index contributed by atoms with van der Waals surface area (Å²) in [5.74, 6) is -1.33. The molecule has 2 N–H and O–H groups in total. The van der Waals surface area contributed by atoms with E-state index in [-0.39, 0.29) is 17.2 Å². The van der Waals surface area contributed by atoms with Gasteiger partial charge in [-0.3, -0.25) is 14.3 Å². The van der Waals surface area contributed by atoms with Crippen molar-refractivity contribution in [3.05, 3.63) is 41.3 Å². The first-order valence-electron chi connectivity index (χ1n) is 9.23. The molecule has 2 aromatic rings. The summed E-state index contributed by atoms with van der Waals surface area (Å²) in [6, 6.07) is 7.08. The lowest BCUT2D eigenvalue weighted by molar-refractivity contribution is -0.145. The maximum atomic E-state index is 12.6. The minimum absolute atomic E-state index is 0.0484. The molecule has 0 atom stereocenters. The zero-order valence-corrected chi connectivity index (χ0v) is 19.1. The molecule has 0 spiro atoms. The molecule has 2 rings (SSSR count). The number of rotatable bonds is 11. The SMILES string of the molecule is COc1cc(OC)c(C=CS(=O)(=O)Nc2ccc(OC)c(OC(=O)CC(=O)O)c2)c(OC)c1. The minimum atomic E-state index is -4.03. The van der Waals surface area contributed by atoms with Gasteiger partial charge in [0.15, 0.2) is 11.5 Å². The van der Waals surface area contributed by atoms with E-state index in [0.29, 0.717) is 22.8 Å². The van der Waals surface area contributed by atoms with Crippen molar-refractivity contribution in [2.75, 3.05) is 33.2 Å². The Labute approximate surface area is 190 Å². The quantitative estimate of drug-likeness (QED) is 0.279. The summed E-state index contributed by atoms with van der Waals surface area (Å²) in [4.78, 5) is 22.3. The van der Waals surface area contributed by atoms with Gasteiger partial charge in [0.2, 0.25) is 0 Å². The first-order chi connectivity index (χ1) is 15.6. The normalized spacial score (nSPS) is 11.0. The van der Waals surface area contributed by atoms with Gasteiger partial charge in [0, 0.05) is 18.2 Å². The van der Waals surface area contributed by atoms with Gasteiger partial charge in [0.25, 0.3) is 10.0 Å². The number of anilines is 1. The summed E-state index contributed by atoms with van der Waals surface area (Å²) >= 11 is 0. The summed E-state index contributed by atoms with van der Waals surface area (Å²) in [6.45, 7) is 0. The van der Waals surface area contributed by atoms with Crippen LogP contribution in [0.2, 0.25) is 0 Å². The molecule has 0 saturated carbocycles. The van der Waals surface area contributed by atoms with E-state index in [9.17, 15) is 18.0 Å². The lowest BCUT2D eigenvalue weighted by Gasteiger charge is -2.13. The van der Waals surface area contributed by atoms with E-state index in [1.54, 1.807) is 12.1 Å². The van der Waals surface area contributed by atoms with E-state index in [1.165, 1.54) is 52.7 Å². The van der Waals surface area contributed by atoms with Crippen LogP contribution in [-0.2, 0) is 19.6 Å². The summed E-state index contributed by atoms with van der Waals surface area (Å²) < 4.78 is 53.3. The predicted octanol–water partition coefficient (Wildman–Crippen LogP) is 2.51. The number of esters is 1. The average molecular weight is 481 g/mol. The third-order valence-electron chi connectivity index (χ3n) is 4.11. The Kier molecular flexibility index (Phi) is 8.51. The fraction of sp³-hybridized carbons (Fsp3) is 0.238. The highest BCUT2D eigenvalue weighted by molar-refractivity contribution is 7.95. The number of methoxy groups -OCH3 is 4. The highest BCUT2D eigenvalue weighted by Gasteiger charge is 2.17. The van der Waals surface area contributed by atoms with Crippen LogP contribution in [0.15, 0.2) is 35.7 Å². The van der Waals surface area contributed by atoms with Gasteiger partial charge >= 0.3 is 11.9 Å². The van der Waals surface area contributed by atoms with Gasteiger partial charge in [-0.05, 0) is 18.2 Å². The van der Waals surface area contributed by atoms with Gasteiger partial charge < -0.3 is 28.8 Å². The molecule has 0 aliphatic carbocycles. The molecule has 0 fully saturated rings. The molecule has 2 aromatic carbocycles. The smallest absolute Gasteiger partial charge is 0.322 e. The van der Waals surface area contributed by atoms with Crippen LogP contribution in [0.1, 0.15) is 12.0 Å². The summed E-state index contributed by atoms with van der Waals surface area (Å²) in [5.41, 5.74) is 0.413. The highest BCUT2D eigenvalue weighted by atomic mass is 32.2. The number of carboxylic acids is 1. The number of carbonyl (C=O) groups excluding carboxylic acids is 1. The van der Waals surface area contributed by atoms with Crippen LogP contribution < -0.4 is 28.4 Å². The van der Waals surface area contributed by atoms with Crippen LogP contribution in [0, 0.1) is 0 Å². The number of nitrogens with one attached hydrogen (secondary N) is 1. The van der Waals surface area contributed by atoms with Crippen molar-refractivity contribution in [2.24, 2.45) is 0 Å². The predicted molar refractivity (Wildman–Crippen MR) is 119 cm³/mol. The fourth-order valence-corrected chi connectivity index (χ4v) is 3.49. The third kappa shape index (κ3) is 7.04. The third-order valence-corrected chi connectivity index (χ3v) is 5.12. The van der Waals surface area contributed by atoms with Gasteiger partial charge in [0.1, 0.15) is 23.7 Å². The fourth-order valence-electron chi connectivity index (χ4n) is 2.65. The molecule has 0 saturated heterocycles. The molecule has 0 aliphatic rings. The number of carboxylic acid groups (broad SMARTS) is 1. The number of hydrogen-bond donors (Lipinski definition) is 2. The van der Waals surface area contributed by atoms with Crippen molar-refractivity contribution in [2.45, 2.75) is 6.42 Å². The second kappa shape index (κ2) is 11.1. The van der Waals surface area contributed by atoms with E-state index >= 15 is 0 Å². The Morgan fingerprint density at radius 2 is 1.52 bits per heavy atom. The van der Waals surface area contributed by atoms with Gasteiger partial charge in [-0.15, -0.1) is 0 Å². The monoisotopic (exact) mass is 481 g/mol. The van der Waals surface area contributed by atoms with E-state index in [2.05, 4.69) is 4.72 Å². The Hall–Kier alpha value is -3.93. The second-order valence-electron chi connectivity index (χ2n) is 6.31. The van der Waals surface area contributed by atoms with Crippen molar-refractivity contribution in [1.82, 2.24) is 0 Å². The highest BCUT2D eigenvalue weighted by Crippen LogP contribution is 2.35. The number of sulfonamides is 1. The largest absolute Gasteiger partial charge is 0.496 e. The molecule has 11 nitrogen and oxygen atoms in total. The van der Waals surface area contributed by atoms with Gasteiger partial charge in [-0.2, -0.15) is 0 Å². The number of benzene rings is 2. The number of aliphatic carboxylic acids is 1. The zero-order valence-electron chi connectivity index (χ0n) is 18.3. The van der Waals surface area contributed by atoms with E-state index in [0.717, 1.165) is 5.41 Å². The molecule has 33 heavy (non-hydrogen) atoms. The van der Waals surface area contributed by atoms with Crippen LogP contribution >= 0.6 is 0 Å². The van der Waals surface area contributed by atoms with Gasteiger partial charge in [-0.1, -0.05) is 0 Å². The zero-order chi connectivity index (χ0) is 24.6. The van der Waals surface area contributed by atoms with Crippen LogP contribution in [-0.4, -0.2) is 53.9 Å². The number of carbonyl (C=O) groups is 2. The van der Waals surface area contributed by atoms with Crippen LogP contribution in [0.3, 0.4) is 0 Å². The molecule has 0 aliphatic heterocycles. The topological polar surface area (TPSA) is 147 Å². The molecular formula is C21H23NO10S. The number of ether oxygens (including phenoxy) is 5. The Morgan fingerprint density at radius 3 is 2.03 bits per heavy atom.